The van der Waals surface area contributed by atoms with Crippen LogP contribution in [0.25, 0.3) is 10.8 Å². The van der Waals surface area contributed by atoms with Crippen LogP contribution in [0.3, 0.4) is 0 Å². The fourth-order valence-corrected chi connectivity index (χ4v) is 5.72. The summed E-state index contributed by atoms with van der Waals surface area (Å²) in [6.45, 7) is 1.30. The number of fused-ring (bicyclic) bond motifs is 1. The van der Waals surface area contributed by atoms with Crippen molar-refractivity contribution in [1.82, 2.24) is 4.90 Å². The Hall–Kier alpha value is -3.88. The molecule has 8 heteroatoms. The standard InChI is InChI=1S/C30H30N2O5S/c31-28-14-13-24(19-27(28)29(38(34)35)26-12-6-10-22-9-4-5-11-25(22)26)37-23-15-17-32(18-16-23)30(33)36-20-21-7-2-1-3-8-21/h1-14,19,23,29H,15-18,20,31H2,(H,34,35). The number of amides is 1. The molecule has 0 saturated carbocycles. The molecule has 1 aliphatic rings. The highest BCUT2D eigenvalue weighted by atomic mass is 32.2. The predicted molar refractivity (Wildman–Crippen MR) is 149 cm³/mol. The fraction of sp³-hybridized carbons (Fsp3) is 0.233. The Morgan fingerprint density at radius 3 is 2.42 bits per heavy atom. The second-order valence-electron chi connectivity index (χ2n) is 9.36. The zero-order valence-electron chi connectivity index (χ0n) is 20.9. The van der Waals surface area contributed by atoms with Crippen molar-refractivity contribution in [2.45, 2.75) is 30.8 Å². The van der Waals surface area contributed by atoms with Gasteiger partial charge < -0.3 is 24.7 Å². The van der Waals surface area contributed by atoms with E-state index in [1.165, 1.54) is 0 Å². The van der Waals surface area contributed by atoms with Gasteiger partial charge in [-0.3, -0.25) is 0 Å². The zero-order chi connectivity index (χ0) is 26.5. The van der Waals surface area contributed by atoms with E-state index in [0.717, 1.165) is 21.9 Å². The fourth-order valence-electron chi connectivity index (χ4n) is 4.88. The molecule has 196 valence electrons. The van der Waals surface area contributed by atoms with E-state index in [1.54, 1.807) is 23.1 Å². The lowest BCUT2D eigenvalue weighted by atomic mass is 9.97. The normalized spacial score (nSPS) is 15.7. The second-order valence-corrected chi connectivity index (χ2v) is 10.4. The number of carbonyl (C=O) groups excluding carboxylic acids is 1. The number of nitrogens with zero attached hydrogens (tertiary/aromatic N) is 1. The van der Waals surface area contributed by atoms with E-state index >= 15 is 0 Å². The maximum atomic E-state index is 12.6. The lowest BCUT2D eigenvalue weighted by molar-refractivity contribution is 0.0638. The van der Waals surface area contributed by atoms with Crippen molar-refractivity contribution in [3.8, 4) is 5.75 Å². The SMILES string of the molecule is Nc1ccc(OC2CCN(C(=O)OCc3ccccc3)CC2)cc1C(c1cccc2ccccc12)S(=O)O. The number of ether oxygens (including phenoxy) is 2. The van der Waals surface area contributed by atoms with E-state index in [0.29, 0.717) is 42.9 Å². The third kappa shape index (κ3) is 5.82. The van der Waals surface area contributed by atoms with Gasteiger partial charge in [0.15, 0.2) is 11.1 Å². The molecule has 0 bridgehead atoms. The van der Waals surface area contributed by atoms with E-state index < -0.39 is 16.3 Å². The van der Waals surface area contributed by atoms with Crippen molar-refractivity contribution >= 4 is 33.6 Å². The van der Waals surface area contributed by atoms with Crippen LogP contribution in [0.5, 0.6) is 5.75 Å². The number of likely N-dealkylation sites (tertiary alicyclic amines) is 1. The Bertz CT molecular complexity index is 1430. The van der Waals surface area contributed by atoms with Crippen LogP contribution in [-0.2, 0) is 22.4 Å². The van der Waals surface area contributed by atoms with Crippen LogP contribution in [0.15, 0.2) is 91.0 Å². The lowest BCUT2D eigenvalue weighted by Gasteiger charge is -2.31. The van der Waals surface area contributed by atoms with E-state index in [4.69, 9.17) is 15.2 Å². The zero-order valence-corrected chi connectivity index (χ0v) is 21.7. The van der Waals surface area contributed by atoms with Crippen molar-refractivity contribution in [2.24, 2.45) is 0 Å². The summed E-state index contributed by atoms with van der Waals surface area (Å²) >= 11 is -2.21. The van der Waals surface area contributed by atoms with Gasteiger partial charge in [-0.2, -0.15) is 0 Å². The summed E-state index contributed by atoms with van der Waals surface area (Å²) in [7, 11) is 0. The second kappa shape index (κ2) is 11.7. The van der Waals surface area contributed by atoms with Crippen LogP contribution in [-0.4, -0.2) is 38.9 Å². The number of anilines is 1. The largest absolute Gasteiger partial charge is 0.490 e. The average Bonchev–Trinajstić information content (AvgIpc) is 2.94. The van der Waals surface area contributed by atoms with Crippen molar-refractivity contribution in [3.63, 3.8) is 0 Å². The first-order valence-electron chi connectivity index (χ1n) is 12.6. The number of nitrogens with two attached hydrogens (primary N) is 1. The predicted octanol–water partition coefficient (Wildman–Crippen LogP) is 5.91. The summed E-state index contributed by atoms with van der Waals surface area (Å²) in [4.78, 5) is 14.2. The molecule has 1 fully saturated rings. The molecular formula is C30H30N2O5S. The molecule has 1 amide bonds. The molecule has 0 aliphatic carbocycles. The third-order valence-electron chi connectivity index (χ3n) is 6.86. The van der Waals surface area contributed by atoms with Gasteiger partial charge in [-0.05, 0) is 40.1 Å². The highest BCUT2D eigenvalue weighted by Crippen LogP contribution is 2.37. The van der Waals surface area contributed by atoms with Crippen LogP contribution >= 0.6 is 0 Å². The Balaban J connectivity index is 1.26. The summed E-state index contributed by atoms with van der Waals surface area (Å²) in [5.41, 5.74) is 8.95. The molecule has 1 aliphatic heterocycles. The summed E-state index contributed by atoms with van der Waals surface area (Å²) in [6.07, 6.45) is 0.878. The van der Waals surface area contributed by atoms with Gasteiger partial charge in [-0.25, -0.2) is 9.00 Å². The smallest absolute Gasteiger partial charge is 0.410 e. The van der Waals surface area contributed by atoms with Gasteiger partial charge >= 0.3 is 6.09 Å². The first-order valence-corrected chi connectivity index (χ1v) is 13.8. The molecule has 1 saturated heterocycles. The molecule has 4 aromatic rings. The van der Waals surface area contributed by atoms with E-state index in [2.05, 4.69) is 0 Å². The molecule has 0 aromatic heterocycles. The Morgan fingerprint density at radius 1 is 0.947 bits per heavy atom. The summed E-state index contributed by atoms with van der Waals surface area (Å²) in [5, 5.41) is 1.06. The Morgan fingerprint density at radius 2 is 1.66 bits per heavy atom. The number of rotatable bonds is 7. The first-order chi connectivity index (χ1) is 18.5. The number of nitrogen functional groups attached to an aromatic ring is 1. The van der Waals surface area contributed by atoms with Gasteiger partial charge in [0.2, 0.25) is 0 Å². The molecular weight excluding hydrogens is 500 g/mol. The summed E-state index contributed by atoms with van der Waals surface area (Å²) in [5.74, 6) is 0.579. The molecule has 5 rings (SSSR count). The van der Waals surface area contributed by atoms with Gasteiger partial charge in [0.1, 0.15) is 23.7 Å². The Labute approximate surface area is 224 Å². The minimum absolute atomic E-state index is 0.0970. The molecule has 7 nitrogen and oxygen atoms in total. The van der Waals surface area contributed by atoms with E-state index in [9.17, 15) is 13.6 Å². The number of hydrogen-bond acceptors (Lipinski definition) is 5. The number of benzene rings is 4. The van der Waals surface area contributed by atoms with Gasteiger partial charge in [-0.1, -0.05) is 72.8 Å². The highest BCUT2D eigenvalue weighted by molar-refractivity contribution is 7.79. The lowest BCUT2D eigenvalue weighted by Crippen LogP contribution is -2.42. The van der Waals surface area contributed by atoms with Crippen LogP contribution in [0.2, 0.25) is 0 Å². The Kier molecular flexibility index (Phi) is 7.91. The summed E-state index contributed by atoms with van der Waals surface area (Å²) < 4.78 is 34.6. The van der Waals surface area contributed by atoms with Crippen molar-refractivity contribution in [3.05, 3.63) is 108 Å². The number of carbonyl (C=O) groups is 1. The quantitative estimate of drug-likeness (QED) is 0.227. The first kappa shape index (κ1) is 25.8. The minimum Gasteiger partial charge on any atom is -0.490 e. The monoisotopic (exact) mass is 530 g/mol. The molecule has 4 aromatic carbocycles. The minimum atomic E-state index is -2.21. The molecule has 2 unspecified atom stereocenters. The van der Waals surface area contributed by atoms with E-state index in [1.807, 2.05) is 72.8 Å². The maximum absolute atomic E-state index is 12.6. The van der Waals surface area contributed by atoms with Gasteiger partial charge in [0.05, 0.1) is 0 Å². The third-order valence-corrected chi connectivity index (χ3v) is 7.77. The van der Waals surface area contributed by atoms with Crippen molar-refractivity contribution < 1.29 is 23.0 Å². The summed E-state index contributed by atoms with van der Waals surface area (Å²) in [6, 6.07) is 28.3. The van der Waals surface area contributed by atoms with Crippen LogP contribution in [0.4, 0.5) is 10.5 Å². The average molecular weight is 531 g/mol. The van der Waals surface area contributed by atoms with Gasteiger partial charge in [0, 0.05) is 37.2 Å². The van der Waals surface area contributed by atoms with Gasteiger partial charge in [0.25, 0.3) is 0 Å². The van der Waals surface area contributed by atoms with Crippen LogP contribution in [0, 0.1) is 0 Å². The van der Waals surface area contributed by atoms with Crippen LogP contribution in [0.1, 0.15) is 34.8 Å². The van der Waals surface area contributed by atoms with E-state index in [-0.39, 0.29) is 18.8 Å². The molecule has 38 heavy (non-hydrogen) atoms. The van der Waals surface area contributed by atoms with Crippen molar-refractivity contribution in [2.75, 3.05) is 18.8 Å². The molecule has 2 atom stereocenters. The molecule has 0 radical (unpaired) electrons. The van der Waals surface area contributed by atoms with Gasteiger partial charge in [-0.15, -0.1) is 0 Å². The number of hydrogen-bond donors (Lipinski definition) is 2. The van der Waals surface area contributed by atoms with Crippen molar-refractivity contribution in [1.29, 1.82) is 0 Å². The molecule has 3 N–H and O–H groups in total. The molecule has 1 heterocycles. The molecule has 0 spiro atoms. The topological polar surface area (TPSA) is 102 Å². The maximum Gasteiger partial charge on any atom is 0.410 e. The number of piperidine rings is 1. The highest BCUT2D eigenvalue weighted by Gasteiger charge is 2.27. The van der Waals surface area contributed by atoms with Crippen LogP contribution < -0.4 is 10.5 Å².